The van der Waals surface area contributed by atoms with Crippen molar-refractivity contribution in [1.82, 2.24) is 20.4 Å². The lowest BCUT2D eigenvalue weighted by atomic mass is 9.82. The highest BCUT2D eigenvalue weighted by atomic mass is 32.2. The fourth-order valence-electron chi connectivity index (χ4n) is 4.21. The third kappa shape index (κ3) is 4.40. The number of hydrogen-bond donors (Lipinski definition) is 2. The summed E-state index contributed by atoms with van der Waals surface area (Å²) in [6.45, 7) is -0.348. The van der Waals surface area contributed by atoms with Crippen LogP contribution in [0.25, 0.3) is 6.08 Å². The van der Waals surface area contributed by atoms with Crippen molar-refractivity contribution < 1.29 is 24.0 Å². The molecule has 2 heterocycles. The van der Waals surface area contributed by atoms with Gasteiger partial charge in [0.15, 0.2) is 0 Å². The minimum atomic E-state index is -0.872. The van der Waals surface area contributed by atoms with E-state index in [1.165, 1.54) is 0 Å². The maximum atomic E-state index is 12.7. The molecule has 6 amide bonds. The van der Waals surface area contributed by atoms with Crippen molar-refractivity contribution in [2.24, 2.45) is 0 Å². The van der Waals surface area contributed by atoms with Gasteiger partial charge in [-0.1, -0.05) is 49.6 Å². The second-order valence-corrected chi connectivity index (χ2v) is 9.05. The first kappa shape index (κ1) is 22.1. The van der Waals surface area contributed by atoms with E-state index in [9.17, 15) is 24.0 Å². The van der Waals surface area contributed by atoms with E-state index in [4.69, 9.17) is 0 Å². The molecule has 0 bridgehead atoms. The third-order valence-corrected chi connectivity index (χ3v) is 6.79. The average Bonchev–Trinajstić information content (AvgIpc) is 3.17. The van der Waals surface area contributed by atoms with Gasteiger partial charge in [-0.25, -0.2) is 4.79 Å². The van der Waals surface area contributed by atoms with Gasteiger partial charge in [0.05, 0.1) is 4.91 Å². The average molecular weight is 457 g/mol. The van der Waals surface area contributed by atoms with E-state index in [-0.39, 0.29) is 25.5 Å². The van der Waals surface area contributed by atoms with Crippen molar-refractivity contribution in [3.63, 3.8) is 0 Å². The van der Waals surface area contributed by atoms with E-state index in [0.29, 0.717) is 17.7 Å². The number of nitrogens with zero attached hydrogens (tertiary/aromatic N) is 2. The third-order valence-electron chi connectivity index (χ3n) is 5.88. The standard InChI is InChI=1S/C22H24N4O5S/c27-17(14-26-19(29)22(24-20(26)30)9-5-2-6-10-22)23-11-12-25-18(28)16(32-21(25)31)13-15-7-3-1-4-8-15/h1,3-4,7-8,13H,2,5-6,9-12,14H2,(H,23,27)(H,24,30)/b16-13+. The number of carbonyl (C=O) groups excluding carboxylic acids is 5. The van der Waals surface area contributed by atoms with Crippen molar-refractivity contribution in [2.45, 2.75) is 37.6 Å². The molecule has 3 aliphatic rings. The second kappa shape index (κ2) is 9.15. The van der Waals surface area contributed by atoms with Crippen LogP contribution in [0.5, 0.6) is 0 Å². The Balaban J connectivity index is 1.28. The molecule has 2 saturated heterocycles. The number of amides is 6. The molecule has 1 aliphatic carbocycles. The number of imide groups is 2. The molecule has 3 fully saturated rings. The molecule has 1 aromatic carbocycles. The van der Waals surface area contributed by atoms with Gasteiger partial charge in [0.25, 0.3) is 17.1 Å². The van der Waals surface area contributed by atoms with Crippen LogP contribution in [0.2, 0.25) is 0 Å². The summed E-state index contributed by atoms with van der Waals surface area (Å²) in [6, 6.07) is 8.66. The number of nitrogens with one attached hydrogen (secondary N) is 2. The van der Waals surface area contributed by atoms with Crippen LogP contribution in [0.1, 0.15) is 37.7 Å². The quantitative estimate of drug-likeness (QED) is 0.500. The molecule has 0 radical (unpaired) electrons. The zero-order chi connectivity index (χ0) is 22.7. The minimum absolute atomic E-state index is 0.00656. The fourth-order valence-corrected chi connectivity index (χ4v) is 5.08. The summed E-state index contributed by atoms with van der Waals surface area (Å²) in [5.74, 6) is -1.28. The molecule has 10 heteroatoms. The lowest BCUT2D eigenvalue weighted by Crippen LogP contribution is -2.49. The van der Waals surface area contributed by atoms with Gasteiger partial charge in [0.1, 0.15) is 12.1 Å². The molecular weight excluding hydrogens is 432 g/mol. The molecule has 9 nitrogen and oxygen atoms in total. The molecule has 2 aliphatic heterocycles. The van der Waals surface area contributed by atoms with E-state index in [0.717, 1.165) is 46.4 Å². The van der Waals surface area contributed by atoms with Crippen LogP contribution in [0, 0.1) is 0 Å². The lowest BCUT2D eigenvalue weighted by Gasteiger charge is -2.30. The molecular formula is C22H24N4O5S. The molecule has 1 aromatic rings. The number of hydrogen-bond acceptors (Lipinski definition) is 6. The summed E-state index contributed by atoms with van der Waals surface area (Å²) in [7, 11) is 0. The van der Waals surface area contributed by atoms with Crippen molar-refractivity contribution in [3.05, 3.63) is 40.8 Å². The Kier molecular flexibility index (Phi) is 6.31. The highest BCUT2D eigenvalue weighted by Crippen LogP contribution is 2.34. The van der Waals surface area contributed by atoms with Crippen LogP contribution >= 0.6 is 11.8 Å². The van der Waals surface area contributed by atoms with Crippen molar-refractivity contribution >= 4 is 46.8 Å². The van der Waals surface area contributed by atoms with Gasteiger partial charge >= 0.3 is 6.03 Å². The Bertz CT molecular complexity index is 987. The van der Waals surface area contributed by atoms with E-state index in [1.54, 1.807) is 6.08 Å². The normalized spacial score (nSPS) is 21.6. The van der Waals surface area contributed by atoms with Crippen LogP contribution < -0.4 is 10.6 Å². The predicted octanol–water partition coefficient (Wildman–Crippen LogP) is 2.09. The Hall–Kier alpha value is -3.14. The summed E-state index contributed by atoms with van der Waals surface area (Å²) >= 11 is 0.855. The van der Waals surface area contributed by atoms with Gasteiger partial charge < -0.3 is 10.6 Å². The molecule has 1 saturated carbocycles. The zero-order valence-corrected chi connectivity index (χ0v) is 18.3. The maximum Gasteiger partial charge on any atom is 0.325 e. The van der Waals surface area contributed by atoms with Crippen LogP contribution in [-0.4, -0.2) is 64.0 Å². The van der Waals surface area contributed by atoms with Crippen LogP contribution in [0.3, 0.4) is 0 Å². The monoisotopic (exact) mass is 456 g/mol. The van der Waals surface area contributed by atoms with E-state index in [1.807, 2.05) is 30.3 Å². The van der Waals surface area contributed by atoms with Gasteiger partial charge in [-0.05, 0) is 36.2 Å². The van der Waals surface area contributed by atoms with Gasteiger partial charge in [-0.15, -0.1) is 0 Å². The molecule has 0 atom stereocenters. The van der Waals surface area contributed by atoms with Crippen LogP contribution in [0.4, 0.5) is 9.59 Å². The highest BCUT2D eigenvalue weighted by molar-refractivity contribution is 8.18. The predicted molar refractivity (Wildman–Crippen MR) is 118 cm³/mol. The van der Waals surface area contributed by atoms with Crippen molar-refractivity contribution in [1.29, 1.82) is 0 Å². The lowest BCUT2D eigenvalue weighted by molar-refractivity contribution is -0.135. The first-order chi connectivity index (χ1) is 15.4. The number of urea groups is 1. The Morgan fingerprint density at radius 2 is 1.78 bits per heavy atom. The van der Waals surface area contributed by atoms with Crippen LogP contribution in [-0.2, 0) is 14.4 Å². The fraction of sp³-hybridized carbons (Fsp3) is 0.409. The van der Waals surface area contributed by atoms with Crippen molar-refractivity contribution in [3.8, 4) is 0 Å². The maximum absolute atomic E-state index is 12.7. The summed E-state index contributed by atoms with van der Waals surface area (Å²) in [5, 5.41) is 4.95. The van der Waals surface area contributed by atoms with Gasteiger partial charge in [-0.2, -0.15) is 0 Å². The van der Waals surface area contributed by atoms with E-state index in [2.05, 4.69) is 10.6 Å². The topological polar surface area (TPSA) is 116 Å². The van der Waals surface area contributed by atoms with E-state index < -0.39 is 28.6 Å². The van der Waals surface area contributed by atoms with Crippen LogP contribution in [0.15, 0.2) is 35.2 Å². The van der Waals surface area contributed by atoms with Gasteiger partial charge in [0, 0.05) is 13.1 Å². The summed E-state index contributed by atoms with van der Waals surface area (Å²) in [5.41, 5.74) is -0.0569. The number of thioether (sulfide) groups is 1. The molecule has 1 spiro atoms. The smallest absolute Gasteiger partial charge is 0.325 e. The Morgan fingerprint density at radius 3 is 2.50 bits per heavy atom. The summed E-state index contributed by atoms with van der Waals surface area (Å²) in [4.78, 5) is 64.4. The summed E-state index contributed by atoms with van der Waals surface area (Å²) < 4.78 is 0. The first-order valence-electron chi connectivity index (χ1n) is 10.6. The highest BCUT2D eigenvalue weighted by Gasteiger charge is 2.51. The number of rotatable bonds is 6. The van der Waals surface area contributed by atoms with Crippen molar-refractivity contribution in [2.75, 3.05) is 19.6 Å². The van der Waals surface area contributed by atoms with Gasteiger partial charge in [-0.3, -0.25) is 29.0 Å². The number of benzene rings is 1. The second-order valence-electron chi connectivity index (χ2n) is 8.06. The molecule has 168 valence electrons. The molecule has 4 rings (SSSR count). The SMILES string of the molecule is O=C(CN1C(=O)NC2(CCCCC2)C1=O)NCCN1C(=O)S/C(=C/c2ccccc2)C1=O. The Labute approximate surface area is 189 Å². The van der Waals surface area contributed by atoms with Gasteiger partial charge in [0.2, 0.25) is 5.91 Å². The van der Waals surface area contributed by atoms with E-state index >= 15 is 0 Å². The minimum Gasteiger partial charge on any atom is -0.353 e. The summed E-state index contributed by atoms with van der Waals surface area (Å²) in [6.07, 6.45) is 5.59. The molecule has 32 heavy (non-hydrogen) atoms. The Morgan fingerprint density at radius 1 is 1.06 bits per heavy atom. The largest absolute Gasteiger partial charge is 0.353 e. The molecule has 0 aromatic heterocycles. The molecule has 0 unspecified atom stereocenters. The molecule has 2 N–H and O–H groups in total. The zero-order valence-electron chi connectivity index (χ0n) is 17.5. The number of carbonyl (C=O) groups is 5. The first-order valence-corrected chi connectivity index (χ1v) is 11.4.